The fourth-order valence-electron chi connectivity index (χ4n) is 2.60. The molecule has 0 fully saturated rings. The van der Waals surface area contributed by atoms with E-state index in [-0.39, 0.29) is 0 Å². The lowest BCUT2D eigenvalue weighted by Gasteiger charge is -2.04. The van der Waals surface area contributed by atoms with E-state index in [2.05, 4.69) is 20.9 Å². The first kappa shape index (κ1) is 19.7. The molecule has 0 radical (unpaired) electrons. The predicted octanol–water partition coefficient (Wildman–Crippen LogP) is 5.71. The number of benzene rings is 2. The predicted molar refractivity (Wildman–Crippen MR) is 120 cm³/mol. The first-order valence-electron chi connectivity index (χ1n) is 8.70. The highest BCUT2D eigenvalue weighted by Gasteiger charge is 2.11. The van der Waals surface area contributed by atoms with Crippen molar-refractivity contribution in [3.05, 3.63) is 59.6 Å². The van der Waals surface area contributed by atoms with Gasteiger partial charge < -0.3 is 14.8 Å². The van der Waals surface area contributed by atoms with Gasteiger partial charge >= 0.3 is 0 Å². The van der Waals surface area contributed by atoms with Crippen LogP contribution in [-0.4, -0.2) is 29.4 Å². The van der Waals surface area contributed by atoms with Gasteiger partial charge in [-0.3, -0.25) is 0 Å². The highest BCUT2D eigenvalue weighted by molar-refractivity contribution is 8.00. The Morgan fingerprint density at radius 2 is 1.93 bits per heavy atom. The lowest BCUT2D eigenvalue weighted by Crippen LogP contribution is -1.90. The molecule has 148 valence electrons. The molecular weight excluding hydrogens is 424 g/mol. The van der Waals surface area contributed by atoms with Gasteiger partial charge in [-0.05, 0) is 24.3 Å². The van der Waals surface area contributed by atoms with Crippen LogP contribution >= 0.6 is 34.4 Å². The van der Waals surface area contributed by atoms with E-state index >= 15 is 0 Å². The van der Waals surface area contributed by atoms with Crippen LogP contribution in [0.2, 0.25) is 0 Å². The third-order valence-corrected chi connectivity index (χ3v) is 6.89. The fourth-order valence-corrected chi connectivity index (χ4v) is 5.22. The SMILES string of the molecule is COc1cccc(Nc2nnc(SCc3csc(-c4ccccc4OC)n3)s2)c1. The second kappa shape index (κ2) is 9.25. The third kappa shape index (κ3) is 4.87. The molecule has 2 aromatic carbocycles. The minimum absolute atomic E-state index is 0.736. The Labute approximate surface area is 181 Å². The maximum atomic E-state index is 5.43. The number of para-hydroxylation sites is 1. The summed E-state index contributed by atoms with van der Waals surface area (Å²) in [6.45, 7) is 0. The van der Waals surface area contributed by atoms with Gasteiger partial charge in [-0.1, -0.05) is 41.3 Å². The van der Waals surface area contributed by atoms with E-state index < -0.39 is 0 Å². The summed E-state index contributed by atoms with van der Waals surface area (Å²) in [7, 11) is 3.33. The summed E-state index contributed by atoms with van der Waals surface area (Å²) in [5.41, 5.74) is 2.94. The number of anilines is 2. The minimum atomic E-state index is 0.736. The zero-order valence-electron chi connectivity index (χ0n) is 15.8. The van der Waals surface area contributed by atoms with Gasteiger partial charge in [0.05, 0.1) is 25.5 Å². The minimum Gasteiger partial charge on any atom is -0.497 e. The van der Waals surface area contributed by atoms with Crippen molar-refractivity contribution in [2.45, 2.75) is 10.1 Å². The zero-order chi connectivity index (χ0) is 20.1. The normalized spacial score (nSPS) is 10.7. The second-order valence-electron chi connectivity index (χ2n) is 5.86. The monoisotopic (exact) mass is 442 g/mol. The Bertz CT molecular complexity index is 1100. The molecule has 29 heavy (non-hydrogen) atoms. The number of ether oxygens (including phenoxy) is 2. The molecule has 2 heterocycles. The van der Waals surface area contributed by atoms with E-state index in [0.29, 0.717) is 0 Å². The average Bonchev–Trinajstić information content (AvgIpc) is 3.42. The maximum absolute atomic E-state index is 5.43. The average molecular weight is 443 g/mol. The zero-order valence-corrected chi connectivity index (χ0v) is 18.2. The fraction of sp³-hybridized carbons (Fsp3) is 0.150. The molecule has 0 aliphatic rings. The van der Waals surface area contributed by atoms with E-state index in [9.17, 15) is 0 Å². The van der Waals surface area contributed by atoms with E-state index in [1.54, 1.807) is 37.3 Å². The molecule has 0 saturated heterocycles. The van der Waals surface area contributed by atoms with Gasteiger partial charge in [-0.25, -0.2) is 4.98 Å². The van der Waals surface area contributed by atoms with Crippen molar-refractivity contribution >= 4 is 45.3 Å². The highest BCUT2D eigenvalue weighted by Crippen LogP contribution is 2.34. The van der Waals surface area contributed by atoms with Gasteiger partial charge in [0.1, 0.15) is 16.5 Å². The Kier molecular flexibility index (Phi) is 6.28. The van der Waals surface area contributed by atoms with Crippen molar-refractivity contribution < 1.29 is 9.47 Å². The number of thioether (sulfide) groups is 1. The number of nitrogens with one attached hydrogen (secondary N) is 1. The largest absolute Gasteiger partial charge is 0.497 e. The Balaban J connectivity index is 1.38. The number of thiazole rings is 1. The number of hydrogen-bond donors (Lipinski definition) is 1. The molecule has 0 bridgehead atoms. The molecule has 4 aromatic rings. The molecule has 4 rings (SSSR count). The Morgan fingerprint density at radius 3 is 2.79 bits per heavy atom. The molecule has 9 heteroatoms. The summed E-state index contributed by atoms with van der Waals surface area (Å²) in [5.74, 6) is 2.36. The number of aromatic nitrogens is 3. The van der Waals surface area contributed by atoms with Crippen molar-refractivity contribution in [3.8, 4) is 22.1 Å². The third-order valence-electron chi connectivity index (χ3n) is 3.96. The first-order chi connectivity index (χ1) is 14.2. The van der Waals surface area contributed by atoms with Crippen molar-refractivity contribution in [3.63, 3.8) is 0 Å². The Morgan fingerprint density at radius 1 is 1.03 bits per heavy atom. The lowest BCUT2D eigenvalue weighted by molar-refractivity contribution is 0.415. The molecule has 0 aliphatic carbocycles. The summed E-state index contributed by atoms with van der Waals surface area (Å²) in [4.78, 5) is 4.74. The summed E-state index contributed by atoms with van der Waals surface area (Å²) in [5, 5.41) is 15.5. The van der Waals surface area contributed by atoms with Crippen molar-refractivity contribution in [2.24, 2.45) is 0 Å². The van der Waals surface area contributed by atoms with Crippen molar-refractivity contribution in [1.29, 1.82) is 0 Å². The van der Waals surface area contributed by atoms with Crippen molar-refractivity contribution in [1.82, 2.24) is 15.2 Å². The van der Waals surface area contributed by atoms with E-state index in [4.69, 9.17) is 14.5 Å². The quantitative estimate of drug-likeness (QED) is 0.350. The van der Waals surface area contributed by atoms with Crippen LogP contribution in [0.3, 0.4) is 0 Å². The molecular formula is C20H18N4O2S3. The molecule has 2 aromatic heterocycles. The van der Waals surface area contributed by atoms with E-state index in [1.165, 1.54) is 11.3 Å². The van der Waals surface area contributed by atoms with Crippen LogP contribution < -0.4 is 14.8 Å². The van der Waals surface area contributed by atoms with Gasteiger partial charge in [0, 0.05) is 22.9 Å². The van der Waals surface area contributed by atoms with Crippen LogP contribution in [0.4, 0.5) is 10.8 Å². The van der Waals surface area contributed by atoms with Crippen LogP contribution in [0.1, 0.15) is 5.69 Å². The summed E-state index contributed by atoms with van der Waals surface area (Å²) < 4.78 is 11.6. The molecule has 0 aliphatic heterocycles. The standard InChI is InChI=1S/C20H18N4O2S3/c1-25-15-7-5-6-13(10-15)22-19-23-24-20(29-19)28-12-14-11-27-18(21-14)16-8-3-4-9-17(16)26-2/h3-11H,12H2,1-2H3,(H,22,23). The van der Waals surface area contributed by atoms with Gasteiger partial charge in [-0.15, -0.1) is 21.5 Å². The molecule has 1 N–H and O–H groups in total. The van der Waals surface area contributed by atoms with Gasteiger partial charge in [0.15, 0.2) is 4.34 Å². The lowest BCUT2D eigenvalue weighted by atomic mass is 10.2. The second-order valence-corrected chi connectivity index (χ2v) is 8.92. The first-order valence-corrected chi connectivity index (χ1v) is 11.4. The van der Waals surface area contributed by atoms with Crippen LogP contribution in [0, 0.1) is 0 Å². The number of nitrogens with zero attached hydrogens (tertiary/aromatic N) is 3. The van der Waals surface area contributed by atoms with E-state index in [1.807, 2.05) is 48.5 Å². The number of rotatable bonds is 8. The Hall–Kier alpha value is -2.62. The molecule has 0 unspecified atom stereocenters. The molecule has 0 atom stereocenters. The topological polar surface area (TPSA) is 69.2 Å². The smallest absolute Gasteiger partial charge is 0.210 e. The molecule has 0 spiro atoms. The molecule has 0 amide bonds. The number of hydrogen-bond acceptors (Lipinski definition) is 9. The van der Waals surface area contributed by atoms with Crippen LogP contribution in [-0.2, 0) is 5.75 Å². The van der Waals surface area contributed by atoms with Crippen molar-refractivity contribution in [2.75, 3.05) is 19.5 Å². The molecule has 6 nitrogen and oxygen atoms in total. The summed E-state index contributed by atoms with van der Waals surface area (Å²) >= 11 is 4.75. The number of methoxy groups -OCH3 is 2. The highest BCUT2D eigenvalue weighted by atomic mass is 32.2. The van der Waals surface area contributed by atoms with Gasteiger partial charge in [0.2, 0.25) is 5.13 Å². The summed E-state index contributed by atoms with van der Waals surface area (Å²) in [6, 6.07) is 15.6. The van der Waals surface area contributed by atoms with Crippen LogP contribution in [0.15, 0.2) is 58.3 Å². The van der Waals surface area contributed by atoms with Gasteiger partial charge in [-0.2, -0.15) is 0 Å². The molecule has 0 saturated carbocycles. The summed E-state index contributed by atoms with van der Waals surface area (Å²) in [6.07, 6.45) is 0. The van der Waals surface area contributed by atoms with E-state index in [0.717, 1.165) is 48.7 Å². The van der Waals surface area contributed by atoms with Crippen LogP contribution in [0.25, 0.3) is 10.6 Å². The maximum Gasteiger partial charge on any atom is 0.210 e. The van der Waals surface area contributed by atoms with Crippen LogP contribution in [0.5, 0.6) is 11.5 Å². The van der Waals surface area contributed by atoms with Gasteiger partial charge in [0.25, 0.3) is 0 Å².